The number of carbonyl (C=O) groups is 2. The lowest BCUT2D eigenvalue weighted by Crippen LogP contribution is -2.27. The Morgan fingerprint density at radius 3 is 2.49 bits per heavy atom. The Bertz CT molecular complexity index is 1500. The lowest BCUT2D eigenvalue weighted by molar-refractivity contribution is -0.136. The monoisotopic (exact) mass is 582 g/mol. The normalized spacial score (nSPS) is 18.6. The molecule has 1 amide bonds. The van der Waals surface area contributed by atoms with Crippen LogP contribution in [-0.4, -0.2) is 39.4 Å². The number of aliphatic carboxylic acids is 1. The number of nitrogens with one attached hydrogen (secondary N) is 2. The van der Waals surface area contributed by atoms with E-state index in [1.54, 1.807) is 18.2 Å². The summed E-state index contributed by atoms with van der Waals surface area (Å²) < 4.78 is 1.94. The van der Waals surface area contributed by atoms with Gasteiger partial charge in [0.05, 0.1) is 35.6 Å². The summed E-state index contributed by atoms with van der Waals surface area (Å²) in [5.74, 6) is -1.16. The number of aromatic nitrogens is 2. The van der Waals surface area contributed by atoms with Gasteiger partial charge >= 0.3 is 5.97 Å². The molecule has 2 heterocycles. The van der Waals surface area contributed by atoms with Crippen LogP contribution in [0.15, 0.2) is 77.9 Å². The van der Waals surface area contributed by atoms with Crippen molar-refractivity contribution in [1.29, 1.82) is 0 Å². The predicted octanol–water partition coefficient (Wildman–Crippen LogP) is 6.29. The van der Waals surface area contributed by atoms with E-state index < -0.39 is 5.97 Å². The van der Waals surface area contributed by atoms with E-state index in [4.69, 9.17) is 45.0 Å². The Labute approximate surface area is 240 Å². The topological polar surface area (TPSA) is 96.3 Å². The second-order valence-corrected chi connectivity index (χ2v) is 10.8. The van der Waals surface area contributed by atoms with Crippen LogP contribution in [0.3, 0.4) is 0 Å². The molecule has 10 heteroatoms. The van der Waals surface area contributed by atoms with E-state index in [0.29, 0.717) is 20.6 Å². The van der Waals surface area contributed by atoms with Gasteiger partial charge in [0.15, 0.2) is 0 Å². The summed E-state index contributed by atoms with van der Waals surface area (Å²) >= 11 is 18.8. The molecule has 2 unspecified atom stereocenters. The summed E-state index contributed by atoms with van der Waals surface area (Å²) in [6, 6.07) is 14.5. The molecule has 2 aliphatic rings. The zero-order valence-electron chi connectivity index (χ0n) is 20.9. The molecule has 7 nitrogen and oxygen atoms in total. The Hall–Kier alpha value is -3.52. The zero-order chi connectivity index (χ0) is 27.7. The third kappa shape index (κ3) is 6.06. The van der Waals surface area contributed by atoms with Crippen molar-refractivity contribution in [3.63, 3.8) is 0 Å². The average molecular weight is 584 g/mol. The Morgan fingerprint density at radius 1 is 1.08 bits per heavy atom. The maximum Gasteiger partial charge on any atom is 0.305 e. The van der Waals surface area contributed by atoms with Gasteiger partial charge in [-0.2, -0.15) is 5.10 Å². The first-order valence-electron chi connectivity index (χ1n) is 12.4. The number of carboxylic acid groups (broad SMARTS) is 1. The Balaban J connectivity index is 1.47. The SMILES string of the molecule is C[C@@H](c1ccc(C(=O)NCCC(=O)O)cc1)n1nc(-c2cc(Cl)cc(Cl)c2)cc1C1=CC2C=C(Cl)C=CC2N1. The van der Waals surface area contributed by atoms with Gasteiger partial charge < -0.3 is 15.7 Å². The minimum absolute atomic E-state index is 0.0684. The van der Waals surface area contributed by atoms with E-state index in [0.717, 1.165) is 28.2 Å². The van der Waals surface area contributed by atoms with E-state index in [1.807, 2.05) is 54.1 Å². The number of nitrogens with zero attached hydrogens (tertiary/aromatic N) is 2. The van der Waals surface area contributed by atoms with Crippen molar-refractivity contribution in [3.8, 4) is 11.3 Å². The molecule has 0 saturated carbocycles. The van der Waals surface area contributed by atoms with Crippen molar-refractivity contribution in [2.75, 3.05) is 6.54 Å². The molecule has 0 bridgehead atoms. The fraction of sp³-hybridized carbons (Fsp3) is 0.207. The van der Waals surface area contributed by atoms with Crippen LogP contribution in [0, 0.1) is 5.92 Å². The first kappa shape index (κ1) is 27.1. The molecule has 3 atom stereocenters. The van der Waals surface area contributed by atoms with E-state index >= 15 is 0 Å². The first-order chi connectivity index (χ1) is 18.7. The predicted molar refractivity (Wildman–Crippen MR) is 154 cm³/mol. The highest BCUT2D eigenvalue weighted by molar-refractivity contribution is 6.35. The molecule has 0 fully saturated rings. The van der Waals surface area contributed by atoms with Crippen LogP contribution in [0.5, 0.6) is 0 Å². The van der Waals surface area contributed by atoms with Crippen molar-refractivity contribution in [2.24, 2.45) is 5.92 Å². The number of carboxylic acids is 1. The molecule has 3 aromatic rings. The van der Waals surface area contributed by atoms with Crippen molar-refractivity contribution in [1.82, 2.24) is 20.4 Å². The molecule has 2 aromatic carbocycles. The molecule has 39 heavy (non-hydrogen) atoms. The zero-order valence-corrected chi connectivity index (χ0v) is 23.1. The second kappa shape index (κ2) is 11.3. The van der Waals surface area contributed by atoms with Gasteiger partial charge in [-0.15, -0.1) is 0 Å². The quantitative estimate of drug-likeness (QED) is 0.290. The smallest absolute Gasteiger partial charge is 0.305 e. The maximum atomic E-state index is 12.4. The van der Waals surface area contributed by atoms with E-state index in [9.17, 15) is 9.59 Å². The van der Waals surface area contributed by atoms with Crippen LogP contribution in [0.1, 0.15) is 41.0 Å². The second-order valence-electron chi connectivity index (χ2n) is 9.45. The number of carbonyl (C=O) groups excluding carboxylic acids is 1. The third-order valence-electron chi connectivity index (χ3n) is 6.73. The maximum absolute atomic E-state index is 12.4. The third-order valence-corrected chi connectivity index (χ3v) is 7.42. The number of amides is 1. The lowest BCUT2D eigenvalue weighted by Gasteiger charge is -2.19. The summed E-state index contributed by atoms with van der Waals surface area (Å²) in [7, 11) is 0. The summed E-state index contributed by atoms with van der Waals surface area (Å²) in [6.07, 6.45) is 7.99. The Morgan fingerprint density at radius 2 is 1.79 bits per heavy atom. The largest absolute Gasteiger partial charge is 0.481 e. The van der Waals surface area contributed by atoms with Crippen molar-refractivity contribution < 1.29 is 14.7 Å². The highest BCUT2D eigenvalue weighted by Crippen LogP contribution is 2.35. The van der Waals surface area contributed by atoms with Gasteiger partial charge in [0.25, 0.3) is 5.91 Å². The molecule has 0 saturated heterocycles. The first-order valence-corrected chi connectivity index (χ1v) is 13.5. The Kier molecular flexibility index (Phi) is 7.84. The van der Waals surface area contributed by atoms with Crippen LogP contribution in [0.2, 0.25) is 10.0 Å². The molecular formula is C29H25Cl3N4O3. The molecule has 3 N–H and O–H groups in total. The number of fused-ring (bicyclic) bond motifs is 1. The molecule has 0 radical (unpaired) electrons. The highest BCUT2D eigenvalue weighted by Gasteiger charge is 2.29. The standard InChI is InChI=1S/C29H25Cl3N4O3/c1-16(17-2-4-18(5-3-17)29(39)33-9-8-28(37)38)36-27(26-13-20-10-21(30)6-7-24(20)34-26)15-25(35-36)19-11-22(31)14-23(32)12-19/h2-7,10-16,20,24,34H,8-9H2,1H3,(H,33,39)(H,37,38)/t16-,20?,24?/m0/s1. The summed E-state index contributed by atoms with van der Waals surface area (Å²) in [6.45, 7) is 2.10. The van der Waals surface area contributed by atoms with Crippen molar-refractivity contribution in [3.05, 3.63) is 105 Å². The summed E-state index contributed by atoms with van der Waals surface area (Å²) in [5.41, 5.74) is 4.73. The van der Waals surface area contributed by atoms with Crippen LogP contribution in [-0.2, 0) is 4.79 Å². The number of benzene rings is 2. The average Bonchev–Trinajstić information content (AvgIpc) is 3.52. The summed E-state index contributed by atoms with van der Waals surface area (Å²) in [4.78, 5) is 23.1. The van der Waals surface area contributed by atoms with Gasteiger partial charge in [-0.3, -0.25) is 14.3 Å². The van der Waals surface area contributed by atoms with Gasteiger partial charge in [0, 0.05) is 38.7 Å². The number of hydrogen-bond donors (Lipinski definition) is 3. The molecular weight excluding hydrogens is 559 g/mol. The molecule has 0 spiro atoms. The van der Waals surface area contributed by atoms with Crippen LogP contribution in [0.4, 0.5) is 0 Å². The van der Waals surface area contributed by atoms with Gasteiger partial charge in [-0.25, -0.2) is 0 Å². The fourth-order valence-corrected chi connectivity index (χ4v) is 5.46. The van der Waals surface area contributed by atoms with Crippen LogP contribution in [0.25, 0.3) is 17.0 Å². The van der Waals surface area contributed by atoms with Gasteiger partial charge in [-0.1, -0.05) is 59.1 Å². The van der Waals surface area contributed by atoms with E-state index in [1.165, 1.54) is 0 Å². The van der Waals surface area contributed by atoms with Crippen LogP contribution < -0.4 is 10.6 Å². The minimum atomic E-state index is -0.963. The van der Waals surface area contributed by atoms with E-state index in [2.05, 4.69) is 22.8 Å². The highest BCUT2D eigenvalue weighted by atomic mass is 35.5. The molecule has 1 aliphatic carbocycles. The van der Waals surface area contributed by atoms with Crippen molar-refractivity contribution >= 4 is 52.4 Å². The molecule has 1 aliphatic heterocycles. The van der Waals surface area contributed by atoms with Gasteiger partial charge in [0.1, 0.15) is 0 Å². The molecule has 5 rings (SSSR count). The molecule has 1 aromatic heterocycles. The van der Waals surface area contributed by atoms with Crippen molar-refractivity contribution in [2.45, 2.75) is 25.4 Å². The van der Waals surface area contributed by atoms with Gasteiger partial charge in [0.2, 0.25) is 0 Å². The van der Waals surface area contributed by atoms with Crippen LogP contribution >= 0.6 is 34.8 Å². The molecule has 200 valence electrons. The number of allylic oxidation sites excluding steroid dienone is 2. The number of hydrogen-bond acceptors (Lipinski definition) is 4. The van der Waals surface area contributed by atoms with Gasteiger partial charge in [-0.05, 0) is 61.0 Å². The minimum Gasteiger partial charge on any atom is -0.481 e. The fourth-order valence-electron chi connectivity index (χ4n) is 4.72. The summed E-state index contributed by atoms with van der Waals surface area (Å²) in [5, 5.41) is 21.7. The van der Waals surface area contributed by atoms with E-state index in [-0.39, 0.29) is 36.9 Å². The number of halogens is 3. The number of rotatable bonds is 8. The lowest BCUT2D eigenvalue weighted by atomic mass is 9.98.